The zero-order chi connectivity index (χ0) is 27.0. The number of aryl methyl sites for hydroxylation is 1. The normalized spacial score (nSPS) is 36.4. The Bertz CT molecular complexity index is 1080. The van der Waals surface area contributed by atoms with Crippen LogP contribution in [0.2, 0.25) is 0 Å². The van der Waals surface area contributed by atoms with Gasteiger partial charge in [0.05, 0.1) is 46.9 Å². The molecule has 8 nitrogen and oxygen atoms in total. The number of aliphatic hydroxyl groups excluding tert-OH is 2. The zero-order valence-corrected chi connectivity index (χ0v) is 22.9. The first-order chi connectivity index (χ1) is 16.7. The summed E-state index contributed by atoms with van der Waals surface area (Å²) >= 11 is 1.54. The maximum Gasteiger partial charge on any atom is 0.223 e. The zero-order valence-electron chi connectivity index (χ0n) is 22.1. The van der Waals surface area contributed by atoms with Gasteiger partial charge < -0.3 is 20.3 Å². The molecule has 3 N–H and O–H groups in total. The molecule has 2 aliphatic rings. The number of fused-ring (bicyclic) bond motifs is 1. The number of epoxide rings is 1. The van der Waals surface area contributed by atoms with Gasteiger partial charge in [-0.2, -0.15) is 0 Å². The van der Waals surface area contributed by atoms with Gasteiger partial charge in [0.1, 0.15) is 11.4 Å². The number of hydrogen-bond acceptors (Lipinski definition) is 8. The van der Waals surface area contributed by atoms with Crippen LogP contribution in [0, 0.1) is 24.2 Å². The van der Waals surface area contributed by atoms with Crippen LogP contribution in [0.25, 0.3) is 6.08 Å². The van der Waals surface area contributed by atoms with E-state index >= 15 is 0 Å². The lowest BCUT2D eigenvalue weighted by Gasteiger charge is -2.34. The van der Waals surface area contributed by atoms with E-state index in [1.54, 1.807) is 33.8 Å². The molecule has 198 valence electrons. The van der Waals surface area contributed by atoms with E-state index in [2.05, 4.69) is 10.3 Å². The van der Waals surface area contributed by atoms with E-state index in [1.165, 1.54) is 17.4 Å². The second kappa shape index (κ2) is 10.7. The Kier molecular flexibility index (Phi) is 8.40. The third kappa shape index (κ3) is 6.19. The smallest absolute Gasteiger partial charge is 0.223 e. The van der Waals surface area contributed by atoms with Crippen molar-refractivity contribution in [2.24, 2.45) is 17.3 Å². The molecule has 1 amide bonds. The van der Waals surface area contributed by atoms with Crippen molar-refractivity contribution in [3.8, 4) is 0 Å². The first-order valence-corrected chi connectivity index (χ1v) is 13.2. The van der Waals surface area contributed by atoms with E-state index in [0.717, 1.165) is 16.3 Å². The maximum atomic E-state index is 13.2. The lowest BCUT2D eigenvalue weighted by molar-refractivity contribution is -0.143. The fourth-order valence-electron chi connectivity index (χ4n) is 4.65. The molecule has 0 radical (unpaired) electrons. The van der Waals surface area contributed by atoms with E-state index in [1.807, 2.05) is 32.2 Å². The van der Waals surface area contributed by atoms with Gasteiger partial charge >= 0.3 is 0 Å². The van der Waals surface area contributed by atoms with Crippen molar-refractivity contribution in [1.82, 2.24) is 10.3 Å². The molecule has 9 heteroatoms. The molecule has 0 saturated carbocycles. The standard InChI is InChI=1S/C27H38N2O6S/c1-14(10-18-13-36-17(4)28-18)19-11-22-27(7,35-22)9-8-20(30)15(2)24(33)16(3)25(34)26(5,6)21(31)12-23(32)29-19/h8-10,13,15-16,19,21-22,24,31,33H,11-12H2,1-7H3,(H,29,32). The third-order valence-corrected chi connectivity index (χ3v) is 8.43. The summed E-state index contributed by atoms with van der Waals surface area (Å²) in [7, 11) is 0. The van der Waals surface area contributed by atoms with Crippen molar-refractivity contribution < 1.29 is 29.3 Å². The van der Waals surface area contributed by atoms with Gasteiger partial charge in [-0.1, -0.05) is 27.7 Å². The Morgan fingerprint density at radius 3 is 2.47 bits per heavy atom. The Labute approximate surface area is 216 Å². The second-order valence-corrected chi connectivity index (χ2v) is 12.0. The fraction of sp³-hybridized carbons (Fsp3) is 0.630. The molecular weight excluding hydrogens is 480 g/mol. The number of hydrogen-bond donors (Lipinski definition) is 3. The summed E-state index contributed by atoms with van der Waals surface area (Å²) in [6.07, 6.45) is 2.47. The number of carbonyl (C=O) groups is 3. The molecule has 1 aromatic rings. The van der Waals surface area contributed by atoms with Crippen molar-refractivity contribution in [2.45, 2.75) is 91.3 Å². The molecule has 0 spiro atoms. The van der Waals surface area contributed by atoms with Crippen LogP contribution in [0.1, 0.15) is 65.1 Å². The van der Waals surface area contributed by atoms with Gasteiger partial charge in [0.25, 0.3) is 0 Å². The molecule has 36 heavy (non-hydrogen) atoms. The predicted octanol–water partition coefficient (Wildman–Crippen LogP) is 3.01. The highest BCUT2D eigenvalue weighted by atomic mass is 32.1. The Hall–Kier alpha value is -2.20. The average molecular weight is 519 g/mol. The fourth-order valence-corrected chi connectivity index (χ4v) is 5.22. The van der Waals surface area contributed by atoms with Crippen molar-refractivity contribution in [3.63, 3.8) is 0 Å². The van der Waals surface area contributed by atoms with Crippen LogP contribution < -0.4 is 5.32 Å². The lowest BCUT2D eigenvalue weighted by Crippen LogP contribution is -2.48. The Balaban J connectivity index is 1.94. The minimum absolute atomic E-state index is 0.234. The summed E-state index contributed by atoms with van der Waals surface area (Å²) in [6.45, 7) is 11.9. The number of amides is 1. The molecule has 1 saturated heterocycles. The van der Waals surface area contributed by atoms with E-state index in [4.69, 9.17) is 4.74 Å². The van der Waals surface area contributed by atoms with E-state index < -0.39 is 52.8 Å². The van der Waals surface area contributed by atoms with Gasteiger partial charge in [-0.05, 0) is 44.6 Å². The molecule has 0 bridgehead atoms. The van der Waals surface area contributed by atoms with E-state index in [-0.39, 0.29) is 18.3 Å². The minimum atomic E-state index is -1.30. The molecule has 0 aromatic carbocycles. The Morgan fingerprint density at radius 2 is 1.86 bits per heavy atom. The first-order valence-electron chi connectivity index (χ1n) is 12.4. The molecule has 7 atom stereocenters. The van der Waals surface area contributed by atoms with Gasteiger partial charge in [-0.15, -0.1) is 11.3 Å². The monoisotopic (exact) mass is 518 g/mol. The topological polar surface area (TPSA) is 129 Å². The Morgan fingerprint density at radius 1 is 1.19 bits per heavy atom. The van der Waals surface area contributed by atoms with Crippen molar-refractivity contribution in [1.29, 1.82) is 0 Å². The number of allylic oxidation sites excluding steroid dienone is 1. The summed E-state index contributed by atoms with van der Waals surface area (Å²) in [5.41, 5.74) is -0.303. The minimum Gasteiger partial charge on any atom is -0.392 e. The van der Waals surface area contributed by atoms with Gasteiger partial charge in [0, 0.05) is 23.6 Å². The summed E-state index contributed by atoms with van der Waals surface area (Å²) in [6, 6.07) is -0.394. The van der Waals surface area contributed by atoms with Crippen LogP contribution in [-0.2, 0) is 19.1 Å². The number of carbonyl (C=O) groups excluding carboxylic acids is 3. The number of aliphatic hydroxyl groups is 2. The molecule has 2 aliphatic heterocycles. The van der Waals surface area contributed by atoms with Crippen LogP contribution in [0.15, 0.2) is 23.1 Å². The number of Topliss-reactive ketones (excluding diaryl/α,β-unsaturated/α-hetero) is 1. The molecule has 0 aliphatic carbocycles. The highest BCUT2D eigenvalue weighted by Gasteiger charge is 2.51. The van der Waals surface area contributed by atoms with Gasteiger partial charge in [0.2, 0.25) is 5.91 Å². The summed E-state index contributed by atoms with van der Waals surface area (Å²) in [5.74, 6) is -2.82. The average Bonchev–Trinajstić information content (AvgIpc) is 3.26. The van der Waals surface area contributed by atoms with Crippen LogP contribution in [0.3, 0.4) is 0 Å². The van der Waals surface area contributed by atoms with Crippen LogP contribution in [0.5, 0.6) is 0 Å². The second-order valence-electron chi connectivity index (χ2n) is 10.9. The summed E-state index contributed by atoms with van der Waals surface area (Å²) in [4.78, 5) is 43.5. The summed E-state index contributed by atoms with van der Waals surface area (Å²) in [5, 5.41) is 27.5. The molecule has 3 rings (SSSR count). The highest BCUT2D eigenvalue weighted by molar-refractivity contribution is 7.09. The molecule has 1 fully saturated rings. The predicted molar refractivity (Wildman–Crippen MR) is 138 cm³/mol. The summed E-state index contributed by atoms with van der Waals surface area (Å²) < 4.78 is 5.91. The van der Waals surface area contributed by atoms with Crippen LogP contribution in [-0.4, -0.2) is 62.6 Å². The number of rotatable bonds is 2. The molecule has 3 heterocycles. The van der Waals surface area contributed by atoms with Gasteiger partial charge in [0.15, 0.2) is 5.78 Å². The molecule has 1 aromatic heterocycles. The quantitative estimate of drug-likeness (QED) is 0.513. The number of ether oxygens (including phenoxy) is 1. The van der Waals surface area contributed by atoms with Crippen molar-refractivity contribution >= 4 is 34.9 Å². The number of nitrogens with zero attached hydrogens (tertiary/aromatic N) is 1. The van der Waals surface area contributed by atoms with Crippen LogP contribution >= 0.6 is 11.3 Å². The SMILES string of the molecule is CC(=Cc1csc(C)n1)C1CC2OC2(C)C=CC(=O)C(C)C(O)C(C)C(=O)C(C)(C)C(O)CC(=O)N1. The third-order valence-electron chi connectivity index (χ3n) is 7.64. The molecular formula is C27H38N2O6S. The molecule has 7 unspecified atom stereocenters. The van der Waals surface area contributed by atoms with Crippen molar-refractivity contribution in [3.05, 3.63) is 33.8 Å². The lowest BCUT2D eigenvalue weighted by atomic mass is 9.73. The number of aromatic nitrogens is 1. The first kappa shape index (κ1) is 28.4. The van der Waals surface area contributed by atoms with Crippen molar-refractivity contribution in [2.75, 3.05) is 0 Å². The van der Waals surface area contributed by atoms with E-state index in [0.29, 0.717) is 6.42 Å². The maximum absolute atomic E-state index is 13.2. The van der Waals surface area contributed by atoms with Gasteiger partial charge in [-0.3, -0.25) is 14.4 Å². The largest absolute Gasteiger partial charge is 0.392 e. The number of ketones is 2. The van der Waals surface area contributed by atoms with Gasteiger partial charge in [-0.25, -0.2) is 4.98 Å². The van der Waals surface area contributed by atoms with E-state index in [9.17, 15) is 24.6 Å². The van der Waals surface area contributed by atoms with Crippen LogP contribution in [0.4, 0.5) is 0 Å². The number of nitrogens with one attached hydrogen (secondary N) is 1. The number of thiazole rings is 1. The highest BCUT2D eigenvalue weighted by Crippen LogP contribution is 2.41.